The van der Waals surface area contributed by atoms with Crippen LogP contribution in [-0.4, -0.2) is 34.2 Å². The van der Waals surface area contributed by atoms with Crippen molar-refractivity contribution in [3.8, 4) is 0 Å². The summed E-state index contributed by atoms with van der Waals surface area (Å²) in [5.41, 5.74) is -0.482. The van der Waals surface area contributed by atoms with Gasteiger partial charge in [0.05, 0.1) is 28.1 Å². The molecule has 134 valence electrons. The number of carbonyl (C=O) groups is 1. The van der Waals surface area contributed by atoms with Crippen molar-refractivity contribution in [1.29, 1.82) is 0 Å². The van der Waals surface area contributed by atoms with Crippen molar-refractivity contribution in [2.75, 3.05) is 15.7 Å². The van der Waals surface area contributed by atoms with Crippen molar-refractivity contribution in [3.63, 3.8) is 0 Å². The second kappa shape index (κ2) is 6.69. The van der Waals surface area contributed by atoms with Gasteiger partial charge in [-0.2, -0.15) is 0 Å². The van der Waals surface area contributed by atoms with Gasteiger partial charge in [-0.1, -0.05) is 6.07 Å². The molecule has 0 radical (unpaired) electrons. The number of hydrogen-bond acceptors (Lipinski definition) is 5. The number of halogens is 1. The highest BCUT2D eigenvalue weighted by Crippen LogP contribution is 2.21. The predicted octanol–water partition coefficient (Wildman–Crippen LogP) is 1.70. The van der Waals surface area contributed by atoms with Gasteiger partial charge in [0.25, 0.3) is 10.0 Å². The van der Waals surface area contributed by atoms with Crippen LogP contribution < -0.4 is 9.44 Å². The monoisotopic (exact) mass is 388 g/mol. The highest BCUT2D eigenvalue weighted by molar-refractivity contribution is 7.92. The molecule has 0 saturated carbocycles. The van der Waals surface area contributed by atoms with E-state index in [1.807, 2.05) is 0 Å². The van der Waals surface area contributed by atoms with Crippen LogP contribution in [0.2, 0.25) is 0 Å². The van der Waals surface area contributed by atoms with E-state index in [4.69, 9.17) is 5.11 Å². The fraction of sp³-hybridized carbons (Fsp3) is 0.0714. The fourth-order valence-electron chi connectivity index (χ4n) is 1.91. The Labute approximate surface area is 143 Å². The summed E-state index contributed by atoms with van der Waals surface area (Å²) in [5.74, 6) is -2.71. The summed E-state index contributed by atoms with van der Waals surface area (Å²) >= 11 is 0. The van der Waals surface area contributed by atoms with Crippen LogP contribution in [0.5, 0.6) is 0 Å². The summed E-state index contributed by atoms with van der Waals surface area (Å²) in [6, 6.07) is 7.82. The van der Waals surface area contributed by atoms with E-state index in [9.17, 15) is 26.0 Å². The largest absolute Gasteiger partial charge is 0.478 e. The van der Waals surface area contributed by atoms with Gasteiger partial charge >= 0.3 is 5.97 Å². The van der Waals surface area contributed by atoms with Crippen LogP contribution in [0.4, 0.5) is 15.8 Å². The summed E-state index contributed by atoms with van der Waals surface area (Å²) in [5, 5.41) is 8.76. The van der Waals surface area contributed by atoms with Crippen molar-refractivity contribution >= 4 is 37.4 Å². The van der Waals surface area contributed by atoms with Crippen LogP contribution in [-0.2, 0) is 20.0 Å². The summed E-state index contributed by atoms with van der Waals surface area (Å²) in [4.78, 5) is 10.3. The van der Waals surface area contributed by atoms with Gasteiger partial charge in [0, 0.05) is 0 Å². The summed E-state index contributed by atoms with van der Waals surface area (Å²) < 4.78 is 65.0. The number of nitrogens with one attached hydrogen (secondary N) is 2. The Morgan fingerprint density at radius 3 is 2.12 bits per heavy atom. The normalized spacial score (nSPS) is 11.8. The zero-order chi connectivity index (χ0) is 18.8. The van der Waals surface area contributed by atoms with Crippen LogP contribution in [0.15, 0.2) is 47.4 Å². The lowest BCUT2D eigenvalue weighted by Crippen LogP contribution is -2.15. The number of carboxylic acids is 1. The zero-order valence-electron chi connectivity index (χ0n) is 12.7. The lowest BCUT2D eigenvalue weighted by atomic mass is 10.2. The summed E-state index contributed by atoms with van der Waals surface area (Å²) in [6.45, 7) is 0. The van der Waals surface area contributed by atoms with E-state index in [-0.39, 0.29) is 11.4 Å². The molecule has 0 saturated heterocycles. The van der Waals surface area contributed by atoms with E-state index in [2.05, 4.69) is 9.44 Å². The average molecular weight is 388 g/mol. The van der Waals surface area contributed by atoms with Crippen molar-refractivity contribution in [2.45, 2.75) is 4.90 Å². The first kappa shape index (κ1) is 18.7. The molecule has 0 fully saturated rings. The maximum absolute atomic E-state index is 13.7. The number of sulfonamides is 2. The van der Waals surface area contributed by atoms with Gasteiger partial charge in [-0.3, -0.25) is 9.44 Å². The molecule has 0 amide bonds. The number of benzene rings is 2. The van der Waals surface area contributed by atoms with Crippen LogP contribution in [0, 0.1) is 5.82 Å². The van der Waals surface area contributed by atoms with E-state index in [0.717, 1.165) is 18.4 Å². The number of carboxylic acid groups (broad SMARTS) is 1. The van der Waals surface area contributed by atoms with Crippen LogP contribution in [0.3, 0.4) is 0 Å². The first-order valence-corrected chi connectivity index (χ1v) is 9.99. The van der Waals surface area contributed by atoms with Gasteiger partial charge < -0.3 is 5.11 Å². The molecular formula is C14H13FN2O6S2. The number of rotatable bonds is 6. The molecule has 2 aromatic carbocycles. The SMILES string of the molecule is CS(=O)(=O)Nc1cccc(NS(=O)(=O)c2ccc(C(=O)O)c(F)c2)c1. The standard InChI is InChI=1S/C14H13FN2O6S2/c1-24(20,21)16-9-3-2-4-10(7-9)17-25(22,23)11-5-6-12(14(18)19)13(15)8-11/h2-8,16-17H,1H3,(H,18,19). The number of hydrogen-bond donors (Lipinski definition) is 3. The highest BCUT2D eigenvalue weighted by Gasteiger charge is 2.19. The number of anilines is 2. The summed E-state index contributed by atoms with van der Waals surface area (Å²) in [6.07, 6.45) is 0.941. The molecule has 0 atom stereocenters. The molecule has 3 N–H and O–H groups in total. The van der Waals surface area contributed by atoms with Gasteiger partial charge in [0.15, 0.2) is 0 Å². The second-order valence-corrected chi connectivity index (χ2v) is 8.44. The Hall–Kier alpha value is -2.66. The minimum Gasteiger partial charge on any atom is -0.478 e. The van der Waals surface area contributed by atoms with Gasteiger partial charge in [0.2, 0.25) is 10.0 Å². The molecule has 0 aliphatic carbocycles. The Balaban J connectivity index is 2.32. The molecule has 0 spiro atoms. The van der Waals surface area contributed by atoms with Crippen LogP contribution in [0.1, 0.15) is 10.4 Å². The van der Waals surface area contributed by atoms with E-state index in [0.29, 0.717) is 6.07 Å². The van der Waals surface area contributed by atoms with Crippen LogP contribution >= 0.6 is 0 Å². The molecule has 0 aromatic heterocycles. The Kier molecular flexibility index (Phi) is 4.99. The maximum atomic E-state index is 13.7. The second-order valence-electron chi connectivity index (χ2n) is 5.01. The molecule has 0 bridgehead atoms. The molecule has 2 aromatic rings. The average Bonchev–Trinajstić information content (AvgIpc) is 2.44. The van der Waals surface area contributed by atoms with E-state index >= 15 is 0 Å². The molecule has 0 heterocycles. The quantitative estimate of drug-likeness (QED) is 0.691. The molecule has 0 unspecified atom stereocenters. The third-order valence-corrected chi connectivity index (χ3v) is 4.88. The minimum atomic E-state index is -4.20. The molecule has 0 aliphatic rings. The smallest absolute Gasteiger partial charge is 0.338 e. The highest BCUT2D eigenvalue weighted by atomic mass is 32.2. The fourth-order valence-corrected chi connectivity index (χ4v) is 3.53. The lowest BCUT2D eigenvalue weighted by molar-refractivity contribution is 0.0691. The number of aromatic carboxylic acids is 1. The lowest BCUT2D eigenvalue weighted by Gasteiger charge is -2.10. The van der Waals surface area contributed by atoms with Crippen molar-refractivity contribution < 1.29 is 31.1 Å². The third-order valence-electron chi connectivity index (χ3n) is 2.90. The molecule has 25 heavy (non-hydrogen) atoms. The van der Waals surface area contributed by atoms with Crippen molar-refractivity contribution in [3.05, 3.63) is 53.8 Å². The summed E-state index contributed by atoms with van der Waals surface area (Å²) in [7, 11) is -7.74. The minimum absolute atomic E-state index is 0.0383. The molecule has 0 aliphatic heterocycles. The van der Waals surface area contributed by atoms with Crippen LogP contribution in [0.25, 0.3) is 0 Å². The molecule has 8 nitrogen and oxygen atoms in total. The maximum Gasteiger partial charge on any atom is 0.338 e. The first-order chi connectivity index (χ1) is 11.5. The van der Waals surface area contributed by atoms with E-state index in [1.54, 1.807) is 0 Å². The predicted molar refractivity (Wildman–Crippen MR) is 89.1 cm³/mol. The molecule has 11 heteroatoms. The zero-order valence-corrected chi connectivity index (χ0v) is 14.4. The first-order valence-electron chi connectivity index (χ1n) is 6.61. The van der Waals surface area contributed by atoms with Gasteiger partial charge in [-0.25, -0.2) is 26.0 Å². The third kappa shape index (κ3) is 4.90. The molecule has 2 rings (SSSR count). The van der Waals surface area contributed by atoms with Crippen molar-refractivity contribution in [2.24, 2.45) is 0 Å². The van der Waals surface area contributed by atoms with Gasteiger partial charge in [-0.15, -0.1) is 0 Å². The van der Waals surface area contributed by atoms with Gasteiger partial charge in [0.1, 0.15) is 5.82 Å². The van der Waals surface area contributed by atoms with Gasteiger partial charge in [-0.05, 0) is 36.4 Å². The van der Waals surface area contributed by atoms with E-state index < -0.39 is 42.3 Å². The Bertz CT molecular complexity index is 1040. The Morgan fingerprint density at radius 1 is 1.00 bits per heavy atom. The topological polar surface area (TPSA) is 130 Å². The molecular weight excluding hydrogens is 375 g/mol. The van der Waals surface area contributed by atoms with E-state index in [1.165, 1.54) is 24.3 Å². The Morgan fingerprint density at radius 2 is 1.60 bits per heavy atom. The van der Waals surface area contributed by atoms with Crippen molar-refractivity contribution in [1.82, 2.24) is 0 Å².